The molecule has 2 aliphatic heterocycles. The number of rotatable bonds is 3. The van der Waals surface area contributed by atoms with Gasteiger partial charge < -0.3 is 4.90 Å². The maximum Gasteiger partial charge on any atom is 0.277 e. The molecule has 1 N–H and O–H groups in total. The molecule has 4 nitrogen and oxygen atoms in total. The number of nitrogens with one attached hydrogen (secondary N) is 1. The number of hydrogen-bond donors (Lipinski definition) is 1. The summed E-state index contributed by atoms with van der Waals surface area (Å²) in [5, 5.41) is 3.16. The standard InChI is InChI=1S/C14H23F2N3O/c1-9(2)18-5-6-19(8-14(15,16)7-18)13(20)12-11(17-12)10-3-4-10/h9-12,17H,3-8H2,1-2H3. The monoisotopic (exact) mass is 287 g/mol. The van der Waals surface area contributed by atoms with Gasteiger partial charge in [0.15, 0.2) is 0 Å². The van der Waals surface area contributed by atoms with E-state index in [0.717, 1.165) is 0 Å². The molecule has 2 atom stereocenters. The van der Waals surface area contributed by atoms with Gasteiger partial charge in [-0.25, -0.2) is 8.78 Å². The summed E-state index contributed by atoms with van der Waals surface area (Å²) in [5.41, 5.74) is 0. The zero-order chi connectivity index (χ0) is 14.5. The van der Waals surface area contributed by atoms with E-state index in [4.69, 9.17) is 0 Å². The molecule has 0 radical (unpaired) electrons. The van der Waals surface area contributed by atoms with E-state index in [1.807, 2.05) is 13.8 Å². The molecule has 2 unspecified atom stereocenters. The molecule has 2 saturated heterocycles. The first kappa shape index (κ1) is 14.2. The van der Waals surface area contributed by atoms with Crippen molar-refractivity contribution in [1.29, 1.82) is 0 Å². The Hall–Kier alpha value is -0.750. The quantitative estimate of drug-likeness (QED) is 0.785. The lowest BCUT2D eigenvalue weighted by Gasteiger charge is -2.26. The molecule has 1 saturated carbocycles. The van der Waals surface area contributed by atoms with Crippen LogP contribution in [0.4, 0.5) is 8.78 Å². The minimum Gasteiger partial charge on any atom is -0.334 e. The Balaban J connectivity index is 1.63. The summed E-state index contributed by atoms with van der Waals surface area (Å²) in [5.74, 6) is -2.35. The van der Waals surface area contributed by atoms with Crippen molar-refractivity contribution in [2.24, 2.45) is 5.92 Å². The smallest absolute Gasteiger partial charge is 0.277 e. The SMILES string of the molecule is CC(C)N1CCN(C(=O)C2NC2C2CC2)CC(F)(F)C1. The van der Waals surface area contributed by atoms with Gasteiger partial charge in [0.1, 0.15) is 6.04 Å². The molecule has 2 heterocycles. The van der Waals surface area contributed by atoms with Crippen LogP contribution in [-0.4, -0.2) is 65.9 Å². The van der Waals surface area contributed by atoms with Crippen LogP contribution in [0.25, 0.3) is 0 Å². The van der Waals surface area contributed by atoms with Crippen molar-refractivity contribution in [3.8, 4) is 0 Å². The molecule has 0 spiro atoms. The summed E-state index contributed by atoms with van der Waals surface area (Å²) >= 11 is 0. The summed E-state index contributed by atoms with van der Waals surface area (Å²) in [4.78, 5) is 15.5. The van der Waals surface area contributed by atoms with Crippen molar-refractivity contribution in [1.82, 2.24) is 15.1 Å². The molecule has 0 aromatic carbocycles. The number of carbonyl (C=O) groups excluding carboxylic acids is 1. The maximum absolute atomic E-state index is 14.0. The largest absolute Gasteiger partial charge is 0.334 e. The highest BCUT2D eigenvalue weighted by atomic mass is 19.3. The van der Waals surface area contributed by atoms with E-state index < -0.39 is 12.5 Å². The fourth-order valence-electron chi connectivity index (χ4n) is 3.10. The Kier molecular flexibility index (Phi) is 3.49. The van der Waals surface area contributed by atoms with Crippen LogP contribution >= 0.6 is 0 Å². The number of hydrogen-bond acceptors (Lipinski definition) is 3. The highest BCUT2D eigenvalue weighted by molar-refractivity contribution is 5.86. The number of alkyl halides is 2. The van der Waals surface area contributed by atoms with Gasteiger partial charge in [0.25, 0.3) is 5.92 Å². The molecule has 0 bridgehead atoms. The lowest BCUT2D eigenvalue weighted by atomic mass is 10.2. The van der Waals surface area contributed by atoms with Crippen LogP contribution in [0.2, 0.25) is 0 Å². The molecule has 3 fully saturated rings. The molecular formula is C14H23F2N3O. The van der Waals surface area contributed by atoms with Crippen molar-refractivity contribution in [2.45, 2.75) is 50.7 Å². The van der Waals surface area contributed by atoms with Crippen LogP contribution in [0.3, 0.4) is 0 Å². The van der Waals surface area contributed by atoms with Gasteiger partial charge in [-0.1, -0.05) is 0 Å². The summed E-state index contributed by atoms with van der Waals surface area (Å²) < 4.78 is 28.0. The zero-order valence-corrected chi connectivity index (χ0v) is 12.1. The van der Waals surface area contributed by atoms with Crippen molar-refractivity contribution < 1.29 is 13.6 Å². The molecule has 6 heteroatoms. The summed E-state index contributed by atoms with van der Waals surface area (Å²) in [6.07, 6.45) is 2.33. The summed E-state index contributed by atoms with van der Waals surface area (Å²) in [6, 6.07) is 0.124. The second-order valence-electron chi connectivity index (χ2n) is 6.69. The van der Waals surface area contributed by atoms with Gasteiger partial charge in [0, 0.05) is 25.2 Å². The van der Waals surface area contributed by atoms with E-state index in [1.165, 1.54) is 17.7 Å². The molecular weight excluding hydrogens is 264 g/mol. The first-order valence-corrected chi connectivity index (χ1v) is 7.54. The van der Waals surface area contributed by atoms with Crippen molar-refractivity contribution in [3.05, 3.63) is 0 Å². The lowest BCUT2D eigenvalue weighted by Crippen LogP contribution is -2.44. The number of carbonyl (C=O) groups is 1. The fraction of sp³-hybridized carbons (Fsp3) is 0.929. The van der Waals surface area contributed by atoms with Crippen LogP contribution in [0.5, 0.6) is 0 Å². The van der Waals surface area contributed by atoms with Crippen LogP contribution < -0.4 is 5.32 Å². The third-order valence-electron chi connectivity index (χ3n) is 4.57. The molecule has 0 aromatic heterocycles. The average molecular weight is 287 g/mol. The number of nitrogens with zero attached hydrogens (tertiary/aromatic N) is 2. The molecule has 1 amide bonds. The summed E-state index contributed by atoms with van der Waals surface area (Å²) in [6.45, 7) is 4.07. The predicted octanol–water partition coefficient (Wildman–Crippen LogP) is 0.925. The topological polar surface area (TPSA) is 45.5 Å². The predicted molar refractivity (Wildman–Crippen MR) is 71.7 cm³/mol. The second kappa shape index (κ2) is 4.91. The van der Waals surface area contributed by atoms with E-state index in [9.17, 15) is 13.6 Å². The Morgan fingerprint density at radius 1 is 1.25 bits per heavy atom. The molecule has 3 rings (SSSR count). The van der Waals surface area contributed by atoms with Crippen molar-refractivity contribution >= 4 is 5.91 Å². The second-order valence-corrected chi connectivity index (χ2v) is 6.69. The molecule has 1 aliphatic carbocycles. The van der Waals surface area contributed by atoms with Gasteiger partial charge in [-0.3, -0.25) is 15.0 Å². The Bertz CT molecular complexity index is 398. The van der Waals surface area contributed by atoms with Gasteiger partial charge >= 0.3 is 0 Å². The first-order valence-electron chi connectivity index (χ1n) is 7.54. The van der Waals surface area contributed by atoms with Gasteiger partial charge in [-0.05, 0) is 32.6 Å². The van der Waals surface area contributed by atoms with Gasteiger partial charge in [0.2, 0.25) is 5.91 Å². The molecule has 114 valence electrons. The average Bonchev–Trinajstić information content (AvgIpc) is 3.20. The third-order valence-corrected chi connectivity index (χ3v) is 4.57. The van der Waals surface area contributed by atoms with E-state index in [1.54, 1.807) is 4.90 Å². The van der Waals surface area contributed by atoms with Crippen LogP contribution in [0.1, 0.15) is 26.7 Å². The first-order chi connectivity index (χ1) is 9.37. The van der Waals surface area contributed by atoms with Crippen LogP contribution in [-0.2, 0) is 4.79 Å². The van der Waals surface area contributed by atoms with Crippen molar-refractivity contribution in [3.63, 3.8) is 0 Å². The zero-order valence-electron chi connectivity index (χ0n) is 12.1. The summed E-state index contributed by atoms with van der Waals surface area (Å²) in [7, 11) is 0. The van der Waals surface area contributed by atoms with E-state index in [2.05, 4.69) is 5.32 Å². The highest BCUT2D eigenvalue weighted by Gasteiger charge is 2.53. The van der Waals surface area contributed by atoms with Crippen LogP contribution in [0.15, 0.2) is 0 Å². The molecule has 20 heavy (non-hydrogen) atoms. The highest BCUT2D eigenvalue weighted by Crippen LogP contribution is 2.40. The fourth-order valence-corrected chi connectivity index (χ4v) is 3.10. The lowest BCUT2D eigenvalue weighted by molar-refractivity contribution is -0.135. The minimum atomic E-state index is -2.82. The van der Waals surface area contributed by atoms with Crippen LogP contribution in [0, 0.1) is 5.92 Å². The molecule has 0 aromatic rings. The number of halogens is 2. The Labute approximate surface area is 118 Å². The Morgan fingerprint density at radius 2 is 1.95 bits per heavy atom. The minimum absolute atomic E-state index is 0.0780. The normalized spacial score (nSPS) is 34.1. The van der Waals surface area contributed by atoms with Gasteiger partial charge in [-0.15, -0.1) is 0 Å². The third kappa shape index (κ3) is 2.96. The molecule has 3 aliphatic rings. The van der Waals surface area contributed by atoms with Gasteiger partial charge in [-0.2, -0.15) is 0 Å². The number of amides is 1. The maximum atomic E-state index is 14.0. The van der Waals surface area contributed by atoms with E-state index in [0.29, 0.717) is 19.0 Å². The van der Waals surface area contributed by atoms with Gasteiger partial charge in [0.05, 0.1) is 13.1 Å². The van der Waals surface area contributed by atoms with E-state index >= 15 is 0 Å². The van der Waals surface area contributed by atoms with E-state index in [-0.39, 0.29) is 30.6 Å². The van der Waals surface area contributed by atoms with Crippen molar-refractivity contribution in [2.75, 3.05) is 26.2 Å². The Morgan fingerprint density at radius 3 is 2.55 bits per heavy atom.